The Hall–Kier alpha value is -4.47. The molecule has 0 bridgehead atoms. The summed E-state index contributed by atoms with van der Waals surface area (Å²) >= 11 is 0. The summed E-state index contributed by atoms with van der Waals surface area (Å²) < 4.78 is 0. The molecule has 0 N–H and O–H groups in total. The second-order valence-electron chi connectivity index (χ2n) is 10.2. The summed E-state index contributed by atoms with van der Waals surface area (Å²) in [5.74, 6) is 0.146. The van der Waals surface area contributed by atoms with Crippen LogP contribution in [0.1, 0.15) is 40.3 Å². The fourth-order valence-corrected chi connectivity index (χ4v) is 5.18. The minimum Gasteiger partial charge on any atom is -0.334 e. The molecule has 5 rings (SSSR count). The second kappa shape index (κ2) is 14.1. The zero-order chi connectivity index (χ0) is 27.4. The summed E-state index contributed by atoms with van der Waals surface area (Å²) in [6, 6.07) is 52.1. The Morgan fingerprint density at radius 1 is 0.450 bits per heavy atom. The normalized spacial score (nSPS) is 11.7. The van der Waals surface area contributed by atoms with Crippen LogP contribution in [0.4, 0.5) is 0 Å². The van der Waals surface area contributed by atoms with E-state index in [0.717, 1.165) is 29.8 Å². The van der Waals surface area contributed by atoms with E-state index in [0.29, 0.717) is 19.5 Å². The fraction of sp³-hybridized carbons (Fsp3) is 0.162. The molecule has 200 valence electrons. The first-order valence-electron chi connectivity index (χ1n) is 14.0. The van der Waals surface area contributed by atoms with Crippen molar-refractivity contribution in [1.82, 2.24) is 9.80 Å². The smallest absolute Gasteiger partial charge is 0.225 e. The topological polar surface area (TPSA) is 23.6 Å². The summed E-state index contributed by atoms with van der Waals surface area (Å²) in [6.45, 7) is 2.65. The van der Waals surface area contributed by atoms with Gasteiger partial charge in [0.05, 0.1) is 0 Å². The van der Waals surface area contributed by atoms with Crippen LogP contribution in [0.15, 0.2) is 152 Å². The number of benzene rings is 5. The Labute approximate surface area is 238 Å². The van der Waals surface area contributed by atoms with Crippen LogP contribution < -0.4 is 0 Å². The lowest BCUT2D eigenvalue weighted by Gasteiger charge is -2.34. The van der Waals surface area contributed by atoms with Gasteiger partial charge in [0.1, 0.15) is 0 Å². The number of hydrogen-bond donors (Lipinski definition) is 0. The van der Waals surface area contributed by atoms with E-state index in [-0.39, 0.29) is 11.9 Å². The number of carbonyl (C=O) groups is 1. The average molecular weight is 525 g/mol. The van der Waals surface area contributed by atoms with Crippen molar-refractivity contribution < 1.29 is 4.79 Å². The molecule has 0 fully saturated rings. The van der Waals surface area contributed by atoms with Gasteiger partial charge in [-0.25, -0.2) is 0 Å². The van der Waals surface area contributed by atoms with E-state index in [2.05, 4.69) is 102 Å². The molecule has 0 spiro atoms. The van der Waals surface area contributed by atoms with Crippen molar-refractivity contribution in [3.8, 4) is 0 Å². The van der Waals surface area contributed by atoms with Crippen molar-refractivity contribution in [1.29, 1.82) is 0 Å². The lowest BCUT2D eigenvalue weighted by molar-refractivity contribution is -0.134. The van der Waals surface area contributed by atoms with Crippen LogP contribution in [0.2, 0.25) is 0 Å². The molecule has 5 aromatic rings. The molecule has 0 radical (unpaired) electrons. The Balaban J connectivity index is 1.47. The largest absolute Gasteiger partial charge is 0.334 e. The average Bonchev–Trinajstić information content (AvgIpc) is 3.02. The standard InChI is InChI=1S/C37H36N2O/c40-37(39(29-33-20-10-3-11-21-33)30-34-22-12-4-13-23-34)26-36(35-24-14-5-15-25-35)38(27-31-16-6-1-7-17-31)28-32-18-8-2-9-19-32/h1-25,36H,26-30H2. The van der Waals surface area contributed by atoms with Gasteiger partial charge in [-0.05, 0) is 27.8 Å². The fourth-order valence-electron chi connectivity index (χ4n) is 5.18. The van der Waals surface area contributed by atoms with Crippen LogP contribution in [0.3, 0.4) is 0 Å². The van der Waals surface area contributed by atoms with Gasteiger partial charge < -0.3 is 4.90 Å². The SMILES string of the molecule is O=C(CC(c1ccccc1)N(Cc1ccccc1)Cc1ccccc1)N(Cc1ccccc1)Cc1ccccc1. The van der Waals surface area contributed by atoms with E-state index in [1.54, 1.807) is 0 Å². The molecule has 0 aromatic heterocycles. The van der Waals surface area contributed by atoms with Crippen LogP contribution in [0.25, 0.3) is 0 Å². The van der Waals surface area contributed by atoms with Gasteiger partial charge in [0.2, 0.25) is 5.91 Å². The van der Waals surface area contributed by atoms with Crippen LogP contribution >= 0.6 is 0 Å². The van der Waals surface area contributed by atoms with Crippen molar-refractivity contribution in [2.45, 2.75) is 38.6 Å². The van der Waals surface area contributed by atoms with E-state index in [4.69, 9.17) is 0 Å². The molecule has 0 aliphatic rings. The molecule has 3 heteroatoms. The first-order chi connectivity index (χ1) is 19.7. The molecule has 0 saturated heterocycles. The van der Waals surface area contributed by atoms with Crippen molar-refractivity contribution in [2.75, 3.05) is 0 Å². The Bertz CT molecular complexity index is 1340. The first-order valence-corrected chi connectivity index (χ1v) is 14.0. The van der Waals surface area contributed by atoms with Gasteiger partial charge in [0.25, 0.3) is 0 Å². The molecule has 0 aliphatic heterocycles. The lowest BCUT2D eigenvalue weighted by atomic mass is 9.99. The van der Waals surface area contributed by atoms with Gasteiger partial charge in [0, 0.05) is 38.6 Å². The number of amides is 1. The van der Waals surface area contributed by atoms with E-state index in [1.165, 1.54) is 11.1 Å². The van der Waals surface area contributed by atoms with E-state index in [9.17, 15) is 4.79 Å². The minimum atomic E-state index is -0.0804. The van der Waals surface area contributed by atoms with Gasteiger partial charge in [-0.1, -0.05) is 152 Å². The number of hydrogen-bond acceptors (Lipinski definition) is 2. The highest BCUT2D eigenvalue weighted by Crippen LogP contribution is 2.30. The zero-order valence-electron chi connectivity index (χ0n) is 22.8. The van der Waals surface area contributed by atoms with Crippen molar-refractivity contribution in [2.24, 2.45) is 0 Å². The van der Waals surface area contributed by atoms with E-state index >= 15 is 0 Å². The third-order valence-electron chi connectivity index (χ3n) is 7.24. The minimum absolute atomic E-state index is 0.0804. The highest BCUT2D eigenvalue weighted by molar-refractivity contribution is 5.77. The Morgan fingerprint density at radius 3 is 1.15 bits per heavy atom. The summed E-state index contributed by atoms with van der Waals surface area (Å²) in [6.07, 6.45) is 0.392. The molecule has 1 atom stereocenters. The van der Waals surface area contributed by atoms with Crippen LogP contribution in [-0.2, 0) is 31.0 Å². The molecular formula is C37H36N2O. The van der Waals surface area contributed by atoms with Gasteiger partial charge >= 0.3 is 0 Å². The van der Waals surface area contributed by atoms with E-state index < -0.39 is 0 Å². The monoisotopic (exact) mass is 524 g/mol. The van der Waals surface area contributed by atoms with Gasteiger partial charge in [-0.3, -0.25) is 9.69 Å². The number of rotatable bonds is 12. The summed E-state index contributed by atoms with van der Waals surface area (Å²) in [4.78, 5) is 18.7. The quantitative estimate of drug-likeness (QED) is 0.165. The van der Waals surface area contributed by atoms with Crippen molar-refractivity contribution in [3.63, 3.8) is 0 Å². The first kappa shape index (κ1) is 27.1. The molecule has 1 unspecified atom stereocenters. The maximum absolute atomic E-state index is 14.2. The third-order valence-corrected chi connectivity index (χ3v) is 7.24. The molecule has 40 heavy (non-hydrogen) atoms. The predicted octanol–water partition coefficient (Wildman–Crippen LogP) is 8.05. The molecule has 5 aromatic carbocycles. The number of carbonyl (C=O) groups excluding carboxylic acids is 1. The molecule has 0 saturated carbocycles. The molecule has 0 aliphatic carbocycles. The second-order valence-corrected chi connectivity index (χ2v) is 10.2. The zero-order valence-corrected chi connectivity index (χ0v) is 22.8. The predicted molar refractivity (Wildman–Crippen MR) is 163 cm³/mol. The van der Waals surface area contributed by atoms with Gasteiger partial charge in [-0.2, -0.15) is 0 Å². The maximum atomic E-state index is 14.2. The van der Waals surface area contributed by atoms with Gasteiger partial charge in [-0.15, -0.1) is 0 Å². The Kier molecular flexibility index (Phi) is 9.54. The summed E-state index contributed by atoms with van der Waals surface area (Å²) in [5, 5.41) is 0. The molecule has 1 amide bonds. The lowest BCUT2D eigenvalue weighted by Crippen LogP contribution is -2.36. The summed E-state index contributed by atoms with van der Waals surface area (Å²) in [7, 11) is 0. The number of nitrogens with zero attached hydrogens (tertiary/aromatic N) is 2. The van der Waals surface area contributed by atoms with Crippen LogP contribution in [0, 0.1) is 0 Å². The molecule has 0 heterocycles. The summed E-state index contributed by atoms with van der Waals surface area (Å²) in [5.41, 5.74) is 5.89. The third kappa shape index (κ3) is 7.78. The molecule has 3 nitrogen and oxygen atoms in total. The van der Waals surface area contributed by atoms with Crippen LogP contribution in [-0.4, -0.2) is 15.7 Å². The Morgan fingerprint density at radius 2 is 0.775 bits per heavy atom. The van der Waals surface area contributed by atoms with Gasteiger partial charge in [0.15, 0.2) is 0 Å². The molecular weight excluding hydrogens is 488 g/mol. The van der Waals surface area contributed by atoms with Crippen molar-refractivity contribution in [3.05, 3.63) is 179 Å². The highest BCUT2D eigenvalue weighted by Gasteiger charge is 2.27. The maximum Gasteiger partial charge on any atom is 0.225 e. The van der Waals surface area contributed by atoms with Crippen molar-refractivity contribution >= 4 is 5.91 Å². The highest BCUT2D eigenvalue weighted by atomic mass is 16.2. The van der Waals surface area contributed by atoms with E-state index in [1.807, 2.05) is 59.5 Å². The van der Waals surface area contributed by atoms with Crippen LogP contribution in [0.5, 0.6) is 0 Å².